The van der Waals surface area contributed by atoms with Gasteiger partial charge >= 0.3 is 12.4 Å². The second-order valence-electron chi connectivity index (χ2n) is 3.42. The third-order valence-corrected chi connectivity index (χ3v) is 2.05. The molecule has 0 saturated carbocycles. The van der Waals surface area contributed by atoms with Gasteiger partial charge in [0.1, 0.15) is 0 Å². The summed E-state index contributed by atoms with van der Waals surface area (Å²) in [6.07, 6.45) is -13.4. The van der Waals surface area contributed by atoms with Gasteiger partial charge in [-0.15, -0.1) is 0 Å². The number of alkyl halides is 6. The summed E-state index contributed by atoms with van der Waals surface area (Å²) in [5.74, 6) is 0. The molecule has 17 heavy (non-hydrogen) atoms. The van der Waals surface area contributed by atoms with E-state index in [-0.39, 0.29) is 0 Å². The molecular weight excluding hydrogens is 250 g/mol. The molecule has 0 radical (unpaired) electrons. The van der Waals surface area contributed by atoms with Crippen LogP contribution in [0.1, 0.15) is 23.7 Å². The van der Waals surface area contributed by atoms with E-state index in [1.807, 2.05) is 0 Å². The van der Waals surface area contributed by atoms with Crippen molar-refractivity contribution in [1.29, 1.82) is 0 Å². The van der Waals surface area contributed by atoms with Crippen molar-refractivity contribution in [3.63, 3.8) is 0 Å². The van der Waals surface area contributed by atoms with Gasteiger partial charge in [-0.2, -0.15) is 26.3 Å². The van der Waals surface area contributed by atoms with Gasteiger partial charge in [0.05, 0.1) is 18.1 Å². The Bertz CT molecular complexity index is 381. The monoisotopic (exact) mass is 258 g/mol. The highest BCUT2D eigenvalue weighted by Gasteiger charge is 2.38. The van der Waals surface area contributed by atoms with Crippen LogP contribution in [0.15, 0.2) is 24.3 Å². The average molecular weight is 258 g/mol. The largest absolute Gasteiger partial charge is 0.416 e. The highest BCUT2D eigenvalue weighted by Crippen LogP contribution is 2.37. The minimum atomic E-state index is -4.79. The van der Waals surface area contributed by atoms with Crippen LogP contribution in [0.5, 0.6) is 0 Å². The molecule has 7 heteroatoms. The first-order chi connectivity index (χ1) is 7.61. The first kappa shape index (κ1) is 13.8. The Morgan fingerprint density at radius 2 is 1.53 bits per heavy atom. The second kappa shape index (κ2) is 4.56. The molecule has 0 fully saturated rings. The van der Waals surface area contributed by atoms with Crippen molar-refractivity contribution in [3.05, 3.63) is 35.4 Å². The Morgan fingerprint density at radius 3 is 2.00 bits per heavy atom. The molecule has 0 heterocycles. The highest BCUT2D eigenvalue weighted by atomic mass is 19.4. The molecule has 1 aromatic rings. The van der Waals surface area contributed by atoms with E-state index in [0.29, 0.717) is 6.07 Å². The van der Waals surface area contributed by atoms with Crippen LogP contribution in [0, 0.1) is 0 Å². The molecule has 0 aliphatic carbocycles. The topological polar surface area (TPSA) is 20.2 Å². The van der Waals surface area contributed by atoms with E-state index >= 15 is 0 Å². The van der Waals surface area contributed by atoms with Crippen LogP contribution in [0.25, 0.3) is 0 Å². The number of hydrogen-bond acceptors (Lipinski definition) is 1. The second-order valence-corrected chi connectivity index (χ2v) is 3.42. The third-order valence-electron chi connectivity index (χ3n) is 2.05. The zero-order valence-electron chi connectivity index (χ0n) is 8.31. The van der Waals surface area contributed by atoms with Crippen LogP contribution in [-0.4, -0.2) is 11.3 Å². The normalized spacial score (nSPS) is 14.8. The lowest BCUT2D eigenvalue weighted by Crippen LogP contribution is -2.17. The van der Waals surface area contributed by atoms with E-state index in [9.17, 15) is 31.4 Å². The molecule has 1 unspecified atom stereocenters. The van der Waals surface area contributed by atoms with Crippen molar-refractivity contribution in [2.75, 3.05) is 0 Å². The van der Waals surface area contributed by atoms with Crippen LogP contribution in [0.4, 0.5) is 26.3 Å². The number of halogens is 6. The molecule has 0 bridgehead atoms. The molecule has 0 saturated heterocycles. The summed E-state index contributed by atoms with van der Waals surface area (Å²) in [4.78, 5) is 0. The summed E-state index contributed by atoms with van der Waals surface area (Å²) in [5.41, 5.74) is -2.02. The first-order valence-corrected chi connectivity index (χ1v) is 4.52. The van der Waals surface area contributed by atoms with Crippen molar-refractivity contribution in [2.24, 2.45) is 0 Å². The van der Waals surface area contributed by atoms with Gasteiger partial charge in [0, 0.05) is 0 Å². The van der Waals surface area contributed by atoms with E-state index < -0.39 is 36.0 Å². The lowest BCUT2D eigenvalue weighted by Gasteiger charge is -2.18. The van der Waals surface area contributed by atoms with Gasteiger partial charge in [0.25, 0.3) is 0 Å². The molecule has 1 N–H and O–H groups in total. The van der Waals surface area contributed by atoms with E-state index in [0.717, 1.165) is 18.2 Å². The number of aliphatic hydroxyl groups is 1. The smallest absolute Gasteiger partial charge is 0.388 e. The molecule has 0 aliphatic heterocycles. The molecule has 0 aliphatic rings. The molecule has 0 amide bonds. The van der Waals surface area contributed by atoms with Crippen molar-refractivity contribution in [2.45, 2.75) is 24.9 Å². The van der Waals surface area contributed by atoms with Crippen molar-refractivity contribution in [1.82, 2.24) is 0 Å². The summed E-state index contributed by atoms with van der Waals surface area (Å²) in [7, 11) is 0. The van der Waals surface area contributed by atoms with Gasteiger partial charge in [0.15, 0.2) is 0 Å². The minimum absolute atomic E-state index is 0.634. The Hall–Kier alpha value is -1.24. The molecule has 1 nitrogen and oxygen atoms in total. The van der Waals surface area contributed by atoms with Gasteiger partial charge in [-0.25, -0.2) is 0 Å². The Kier molecular flexibility index (Phi) is 3.71. The van der Waals surface area contributed by atoms with Gasteiger partial charge in [-0.1, -0.05) is 18.2 Å². The molecule has 0 spiro atoms. The van der Waals surface area contributed by atoms with Crippen LogP contribution in [0.3, 0.4) is 0 Å². The quantitative estimate of drug-likeness (QED) is 0.802. The minimum Gasteiger partial charge on any atom is -0.388 e. The average Bonchev–Trinajstić information content (AvgIpc) is 2.13. The molecule has 0 aromatic heterocycles. The molecule has 96 valence electrons. The van der Waals surface area contributed by atoms with E-state index in [1.54, 1.807) is 0 Å². The van der Waals surface area contributed by atoms with Crippen LogP contribution >= 0.6 is 0 Å². The van der Waals surface area contributed by atoms with Crippen molar-refractivity contribution < 1.29 is 31.4 Å². The van der Waals surface area contributed by atoms with Crippen LogP contribution < -0.4 is 0 Å². The van der Waals surface area contributed by atoms with E-state index in [2.05, 4.69) is 0 Å². The fourth-order valence-corrected chi connectivity index (χ4v) is 1.37. The first-order valence-electron chi connectivity index (χ1n) is 4.52. The van der Waals surface area contributed by atoms with E-state index in [4.69, 9.17) is 0 Å². The summed E-state index contributed by atoms with van der Waals surface area (Å²) in [6, 6.07) is 3.66. The number of benzene rings is 1. The zero-order chi connectivity index (χ0) is 13.3. The summed E-state index contributed by atoms with van der Waals surface area (Å²) < 4.78 is 73.3. The molecule has 1 aromatic carbocycles. The van der Waals surface area contributed by atoms with Gasteiger partial charge < -0.3 is 5.11 Å². The third kappa shape index (κ3) is 3.92. The van der Waals surface area contributed by atoms with Crippen molar-refractivity contribution in [3.8, 4) is 0 Å². The maximum absolute atomic E-state index is 12.4. The SMILES string of the molecule is OC(CC(F)(F)F)c1ccccc1C(F)(F)F. The predicted molar refractivity (Wildman–Crippen MR) is 47.1 cm³/mol. The summed E-state index contributed by atoms with van der Waals surface area (Å²) in [6.45, 7) is 0. The maximum atomic E-state index is 12.4. The fraction of sp³-hybridized carbons (Fsp3) is 0.400. The number of hydrogen-bond donors (Lipinski definition) is 1. The van der Waals surface area contributed by atoms with Gasteiger partial charge in [0.2, 0.25) is 0 Å². The van der Waals surface area contributed by atoms with Gasteiger partial charge in [-0.05, 0) is 11.6 Å². The predicted octanol–water partition coefficient (Wildman–Crippen LogP) is 3.69. The molecular formula is C10H8F6O. The zero-order valence-corrected chi connectivity index (χ0v) is 8.31. The summed E-state index contributed by atoms with van der Waals surface area (Å²) >= 11 is 0. The highest BCUT2D eigenvalue weighted by molar-refractivity contribution is 5.31. The van der Waals surface area contributed by atoms with Crippen molar-refractivity contribution >= 4 is 0 Å². The van der Waals surface area contributed by atoms with E-state index in [1.165, 1.54) is 0 Å². The Morgan fingerprint density at radius 1 is 1.00 bits per heavy atom. The van der Waals surface area contributed by atoms with Gasteiger partial charge in [-0.3, -0.25) is 0 Å². The lowest BCUT2D eigenvalue weighted by molar-refractivity contribution is -0.158. The number of rotatable bonds is 2. The maximum Gasteiger partial charge on any atom is 0.416 e. The molecule has 1 rings (SSSR count). The number of aliphatic hydroxyl groups excluding tert-OH is 1. The summed E-state index contributed by atoms with van der Waals surface area (Å²) in [5, 5.41) is 9.18. The molecule has 1 atom stereocenters. The standard InChI is InChI=1S/C10H8F6O/c11-9(12,13)5-8(17)6-3-1-2-4-7(6)10(14,15)16/h1-4,8,17H,5H2. The van der Waals surface area contributed by atoms with Crippen LogP contribution in [0.2, 0.25) is 0 Å². The fourth-order valence-electron chi connectivity index (χ4n) is 1.37. The van der Waals surface area contributed by atoms with Crippen LogP contribution in [-0.2, 0) is 6.18 Å². The Balaban J connectivity index is 3.06. The lowest BCUT2D eigenvalue weighted by atomic mass is 10.00. The Labute approximate surface area is 92.7 Å².